The first-order chi connectivity index (χ1) is 9.10. The Hall–Kier alpha value is -2.06. The molecule has 3 rings (SSSR count). The van der Waals surface area contributed by atoms with Crippen LogP contribution in [0, 0.1) is 11.3 Å². The molecule has 1 aromatic rings. The Morgan fingerprint density at radius 1 is 1.58 bits per heavy atom. The molecule has 0 radical (unpaired) electrons. The molecule has 1 aromatic carbocycles. The third-order valence-electron chi connectivity index (χ3n) is 4.17. The van der Waals surface area contributed by atoms with Crippen molar-refractivity contribution in [2.24, 2.45) is 0 Å². The van der Waals surface area contributed by atoms with Gasteiger partial charge in [0.15, 0.2) is 0 Å². The number of benzene rings is 1. The van der Waals surface area contributed by atoms with Crippen LogP contribution < -0.4 is 10.1 Å². The van der Waals surface area contributed by atoms with Crippen LogP contribution in [0.4, 0.5) is 5.69 Å². The molecule has 0 saturated carbocycles. The van der Waals surface area contributed by atoms with Crippen LogP contribution in [0.1, 0.15) is 12.0 Å². The van der Waals surface area contributed by atoms with E-state index in [1.807, 2.05) is 30.1 Å². The maximum atomic E-state index is 12.4. The summed E-state index contributed by atoms with van der Waals surface area (Å²) in [4.78, 5) is 14.3. The third kappa shape index (κ3) is 1.53. The van der Waals surface area contributed by atoms with Crippen molar-refractivity contribution in [2.45, 2.75) is 17.9 Å². The van der Waals surface area contributed by atoms with Crippen LogP contribution in [-0.4, -0.2) is 37.6 Å². The molecular formula is C14H15N3O2. The minimum Gasteiger partial charge on any atom is -0.497 e. The zero-order valence-electron chi connectivity index (χ0n) is 10.9. The van der Waals surface area contributed by atoms with Gasteiger partial charge in [-0.3, -0.25) is 9.69 Å². The molecule has 0 bridgehead atoms. The quantitative estimate of drug-likeness (QED) is 0.818. The molecule has 2 atom stereocenters. The van der Waals surface area contributed by atoms with Crippen LogP contribution in [0.3, 0.4) is 0 Å². The molecular weight excluding hydrogens is 242 g/mol. The van der Waals surface area contributed by atoms with Gasteiger partial charge >= 0.3 is 0 Å². The fourth-order valence-corrected chi connectivity index (χ4v) is 3.11. The molecule has 2 aliphatic heterocycles. The number of amides is 1. The Bertz CT molecular complexity index is 593. The number of hydrogen-bond donors (Lipinski definition) is 1. The molecule has 1 spiro atoms. The minimum atomic E-state index is -0.612. The molecule has 98 valence electrons. The highest BCUT2D eigenvalue weighted by molar-refractivity contribution is 6.07. The molecule has 2 aliphatic rings. The molecule has 0 unspecified atom stereocenters. The number of anilines is 1. The summed E-state index contributed by atoms with van der Waals surface area (Å²) >= 11 is 0. The predicted molar refractivity (Wildman–Crippen MR) is 69.9 cm³/mol. The highest BCUT2D eigenvalue weighted by Gasteiger charge is 2.53. The van der Waals surface area contributed by atoms with Crippen molar-refractivity contribution in [3.63, 3.8) is 0 Å². The summed E-state index contributed by atoms with van der Waals surface area (Å²) in [6.07, 6.45) is 0.534. The first-order valence-electron chi connectivity index (χ1n) is 6.20. The van der Waals surface area contributed by atoms with Crippen LogP contribution in [0.5, 0.6) is 5.75 Å². The van der Waals surface area contributed by atoms with Crippen LogP contribution in [-0.2, 0) is 10.2 Å². The normalized spacial score (nSPS) is 29.1. The maximum absolute atomic E-state index is 12.4. The summed E-state index contributed by atoms with van der Waals surface area (Å²) in [5, 5.41) is 12.1. The van der Waals surface area contributed by atoms with Gasteiger partial charge in [-0.1, -0.05) is 0 Å². The van der Waals surface area contributed by atoms with E-state index >= 15 is 0 Å². The number of nitrogens with zero attached hydrogens (tertiary/aromatic N) is 2. The lowest BCUT2D eigenvalue weighted by molar-refractivity contribution is -0.120. The number of ether oxygens (including phenoxy) is 1. The molecule has 1 fully saturated rings. The molecule has 1 N–H and O–H groups in total. The molecule has 2 heterocycles. The summed E-state index contributed by atoms with van der Waals surface area (Å²) in [7, 11) is 3.49. The van der Waals surface area contributed by atoms with Gasteiger partial charge in [0.1, 0.15) is 5.75 Å². The van der Waals surface area contributed by atoms with Crippen LogP contribution in [0.2, 0.25) is 0 Å². The molecule has 5 nitrogen and oxygen atoms in total. The number of likely N-dealkylation sites (tertiary alicyclic amines) is 1. The summed E-state index contributed by atoms with van der Waals surface area (Å²) in [5.41, 5.74) is 1.16. The predicted octanol–water partition coefficient (Wildman–Crippen LogP) is 1.11. The number of methoxy groups -OCH3 is 1. The Balaban J connectivity index is 2.10. The van der Waals surface area contributed by atoms with Gasteiger partial charge in [-0.2, -0.15) is 5.26 Å². The van der Waals surface area contributed by atoms with Gasteiger partial charge in [-0.15, -0.1) is 0 Å². The second-order valence-electron chi connectivity index (χ2n) is 5.21. The van der Waals surface area contributed by atoms with Gasteiger partial charge in [0.25, 0.3) is 0 Å². The van der Waals surface area contributed by atoms with Crippen molar-refractivity contribution in [2.75, 3.05) is 26.0 Å². The Morgan fingerprint density at radius 3 is 3.00 bits per heavy atom. The monoisotopic (exact) mass is 257 g/mol. The van der Waals surface area contributed by atoms with Crippen LogP contribution in [0.25, 0.3) is 0 Å². The Morgan fingerprint density at radius 2 is 2.37 bits per heavy atom. The van der Waals surface area contributed by atoms with Gasteiger partial charge in [0, 0.05) is 12.2 Å². The number of nitriles is 1. The van der Waals surface area contributed by atoms with E-state index in [2.05, 4.69) is 11.4 Å². The largest absolute Gasteiger partial charge is 0.497 e. The van der Waals surface area contributed by atoms with E-state index in [1.165, 1.54) is 0 Å². The van der Waals surface area contributed by atoms with Crippen LogP contribution >= 0.6 is 0 Å². The summed E-state index contributed by atoms with van der Waals surface area (Å²) in [6, 6.07) is 7.64. The van der Waals surface area contributed by atoms with E-state index < -0.39 is 5.41 Å². The molecule has 19 heavy (non-hydrogen) atoms. The summed E-state index contributed by atoms with van der Waals surface area (Å²) in [6.45, 7) is 0.567. The lowest BCUT2D eigenvalue weighted by Gasteiger charge is -2.21. The molecule has 0 aromatic heterocycles. The van der Waals surface area contributed by atoms with E-state index in [1.54, 1.807) is 7.11 Å². The van der Waals surface area contributed by atoms with Crippen molar-refractivity contribution in [1.29, 1.82) is 5.26 Å². The highest BCUT2D eigenvalue weighted by Crippen LogP contribution is 2.46. The lowest BCUT2D eigenvalue weighted by Crippen LogP contribution is -2.36. The van der Waals surface area contributed by atoms with Gasteiger partial charge in [0.05, 0.1) is 24.6 Å². The smallest absolute Gasteiger partial charge is 0.236 e. The molecule has 5 heteroatoms. The zero-order chi connectivity index (χ0) is 13.6. The number of likely N-dealkylation sites (N-methyl/N-ethyl adjacent to an activating group) is 1. The number of hydrogen-bond acceptors (Lipinski definition) is 4. The van der Waals surface area contributed by atoms with Gasteiger partial charge in [-0.05, 0) is 37.2 Å². The van der Waals surface area contributed by atoms with Gasteiger partial charge in [-0.25, -0.2) is 0 Å². The number of fused-ring (bicyclic) bond motifs is 2. The van der Waals surface area contributed by atoms with Crippen molar-refractivity contribution < 1.29 is 9.53 Å². The average Bonchev–Trinajstić information content (AvgIpc) is 2.89. The molecule has 0 aliphatic carbocycles. The second-order valence-corrected chi connectivity index (χ2v) is 5.21. The van der Waals surface area contributed by atoms with E-state index in [0.29, 0.717) is 13.0 Å². The van der Waals surface area contributed by atoms with Crippen molar-refractivity contribution >= 4 is 11.6 Å². The Labute approximate surface area is 111 Å². The van der Waals surface area contributed by atoms with E-state index in [9.17, 15) is 4.79 Å². The fourth-order valence-electron chi connectivity index (χ4n) is 3.11. The van der Waals surface area contributed by atoms with Crippen molar-refractivity contribution in [1.82, 2.24) is 4.90 Å². The van der Waals surface area contributed by atoms with Crippen molar-refractivity contribution in [3.8, 4) is 11.8 Å². The number of carbonyl (C=O) groups excluding carboxylic acids is 1. The SMILES string of the molecule is COc1ccc2c(c1)[C@@]1(C[C@@H](C#N)N(C)C1)C(=O)N2. The standard InChI is InChI=1S/C14H15N3O2/c1-17-8-14(6-9(17)7-15)11-5-10(19-2)3-4-12(11)16-13(14)18/h3-5,9H,6,8H2,1-2H3,(H,16,18)/t9-,14-/m0/s1. The fraction of sp³-hybridized carbons (Fsp3) is 0.429. The molecule has 1 amide bonds. The topological polar surface area (TPSA) is 65.4 Å². The average molecular weight is 257 g/mol. The number of carbonyl (C=O) groups is 1. The highest BCUT2D eigenvalue weighted by atomic mass is 16.5. The van der Waals surface area contributed by atoms with Gasteiger partial charge in [0.2, 0.25) is 5.91 Å². The summed E-state index contributed by atoms with van der Waals surface area (Å²) in [5.74, 6) is 0.720. The van der Waals surface area contributed by atoms with E-state index in [-0.39, 0.29) is 11.9 Å². The Kier molecular flexibility index (Phi) is 2.51. The molecule has 1 saturated heterocycles. The maximum Gasteiger partial charge on any atom is 0.236 e. The minimum absolute atomic E-state index is 0.0136. The van der Waals surface area contributed by atoms with Crippen LogP contribution in [0.15, 0.2) is 18.2 Å². The van der Waals surface area contributed by atoms with E-state index in [0.717, 1.165) is 17.0 Å². The van der Waals surface area contributed by atoms with Crippen molar-refractivity contribution in [3.05, 3.63) is 23.8 Å². The first kappa shape index (κ1) is 12.0. The third-order valence-corrected chi connectivity index (χ3v) is 4.17. The van der Waals surface area contributed by atoms with E-state index in [4.69, 9.17) is 10.00 Å². The number of rotatable bonds is 1. The first-order valence-corrected chi connectivity index (χ1v) is 6.20. The van der Waals surface area contributed by atoms with Gasteiger partial charge < -0.3 is 10.1 Å². The number of nitrogens with one attached hydrogen (secondary N) is 1. The second kappa shape index (κ2) is 3.97. The zero-order valence-corrected chi connectivity index (χ0v) is 10.9. The lowest BCUT2D eigenvalue weighted by atomic mass is 9.79. The summed E-state index contributed by atoms with van der Waals surface area (Å²) < 4.78 is 5.24.